The van der Waals surface area contributed by atoms with E-state index in [-0.39, 0.29) is 5.91 Å². The molecule has 4 aromatic rings. The summed E-state index contributed by atoms with van der Waals surface area (Å²) in [5.74, 6) is -0.153. The van der Waals surface area contributed by atoms with Crippen LogP contribution >= 0.6 is 23.4 Å². The van der Waals surface area contributed by atoms with Gasteiger partial charge in [-0.25, -0.2) is 4.68 Å². The third kappa shape index (κ3) is 4.89. The number of carbonyl (C=O) groups excluding carboxylic acids is 1. The highest BCUT2D eigenvalue weighted by atomic mass is 35.5. The van der Waals surface area contributed by atoms with Gasteiger partial charge in [0.05, 0.1) is 33.9 Å². The van der Waals surface area contributed by atoms with Crippen molar-refractivity contribution in [3.8, 4) is 5.69 Å². The van der Waals surface area contributed by atoms with Crippen molar-refractivity contribution in [2.75, 3.05) is 4.90 Å². The van der Waals surface area contributed by atoms with Gasteiger partial charge < -0.3 is 0 Å². The highest BCUT2D eigenvalue weighted by Crippen LogP contribution is 2.36. The van der Waals surface area contributed by atoms with Crippen LogP contribution in [0.25, 0.3) is 11.8 Å². The number of para-hydroxylation sites is 2. The van der Waals surface area contributed by atoms with E-state index in [1.165, 1.54) is 11.8 Å². The fourth-order valence-electron chi connectivity index (χ4n) is 3.85. The number of aryl methyl sites for hydroxylation is 1. The Morgan fingerprint density at radius 3 is 2.19 bits per heavy atom. The van der Waals surface area contributed by atoms with E-state index in [4.69, 9.17) is 11.6 Å². The Hall–Kier alpha value is -3.94. The van der Waals surface area contributed by atoms with E-state index in [2.05, 4.69) is 15.3 Å². The highest BCUT2D eigenvalue weighted by Gasteiger charge is 2.34. The number of thioether (sulfide) groups is 1. The molecule has 1 saturated heterocycles. The summed E-state index contributed by atoms with van der Waals surface area (Å²) >= 11 is 7.29. The molecule has 8 heteroatoms. The van der Waals surface area contributed by atoms with Crippen molar-refractivity contribution < 1.29 is 4.79 Å². The van der Waals surface area contributed by atoms with Crippen LogP contribution in [0.3, 0.4) is 0 Å². The Bertz CT molecular complexity index is 1490. The van der Waals surface area contributed by atoms with Gasteiger partial charge in [-0.15, -0.1) is 5.10 Å². The highest BCUT2D eigenvalue weighted by molar-refractivity contribution is 8.19. The Morgan fingerprint density at radius 1 is 0.889 bits per heavy atom. The average Bonchev–Trinajstić information content (AvgIpc) is 3.36. The zero-order valence-corrected chi connectivity index (χ0v) is 21.2. The van der Waals surface area contributed by atoms with Crippen LogP contribution in [0.2, 0.25) is 5.02 Å². The summed E-state index contributed by atoms with van der Waals surface area (Å²) in [6, 6.07) is 26.7. The molecule has 0 spiro atoms. The number of anilines is 1. The van der Waals surface area contributed by atoms with E-state index < -0.39 is 0 Å². The average molecular weight is 512 g/mol. The van der Waals surface area contributed by atoms with E-state index in [0.717, 1.165) is 33.9 Å². The summed E-state index contributed by atoms with van der Waals surface area (Å²) in [4.78, 5) is 15.5. The lowest BCUT2D eigenvalue weighted by Crippen LogP contribution is -2.28. The molecule has 1 aliphatic rings. The monoisotopic (exact) mass is 511 g/mol. The molecule has 2 heterocycles. The molecule has 6 nitrogen and oxygen atoms in total. The molecule has 0 aliphatic carbocycles. The first kappa shape index (κ1) is 23.8. The molecule has 0 bridgehead atoms. The lowest BCUT2D eigenvalue weighted by atomic mass is 10.2. The Labute approximate surface area is 218 Å². The first-order valence-electron chi connectivity index (χ1n) is 11.3. The van der Waals surface area contributed by atoms with Crippen molar-refractivity contribution in [2.24, 2.45) is 10.2 Å². The molecule has 1 aliphatic heterocycles. The lowest BCUT2D eigenvalue weighted by molar-refractivity contribution is -0.113. The van der Waals surface area contributed by atoms with Crippen LogP contribution in [0.15, 0.2) is 100 Å². The predicted molar refractivity (Wildman–Crippen MR) is 149 cm³/mol. The first-order valence-corrected chi connectivity index (χ1v) is 12.5. The van der Waals surface area contributed by atoms with E-state index in [9.17, 15) is 4.79 Å². The normalized spacial score (nSPS) is 16.1. The maximum absolute atomic E-state index is 13.4. The zero-order valence-electron chi connectivity index (χ0n) is 19.7. The maximum atomic E-state index is 13.4. The van der Waals surface area contributed by atoms with Gasteiger partial charge in [0.2, 0.25) is 5.17 Å². The number of amides is 1. The predicted octanol–water partition coefficient (Wildman–Crippen LogP) is 6.65. The van der Waals surface area contributed by atoms with Crippen LogP contribution in [-0.2, 0) is 4.79 Å². The number of carbonyl (C=O) groups is 1. The number of hydrogen-bond donors (Lipinski definition) is 0. The van der Waals surface area contributed by atoms with Gasteiger partial charge in [0, 0.05) is 10.6 Å². The fourth-order valence-corrected chi connectivity index (χ4v) is 4.92. The third-order valence-electron chi connectivity index (χ3n) is 5.67. The van der Waals surface area contributed by atoms with Gasteiger partial charge in [0.15, 0.2) is 0 Å². The second-order valence-electron chi connectivity index (χ2n) is 8.10. The van der Waals surface area contributed by atoms with Crippen molar-refractivity contribution in [3.63, 3.8) is 0 Å². The Morgan fingerprint density at radius 2 is 1.53 bits per heavy atom. The SMILES string of the molecule is Cc1nn(-c2ccccc2)c(C)c1/C=N/N=C1/S/C(=C\c2ccc(Cl)cc2)C(=O)N1c1ccccc1. The second kappa shape index (κ2) is 10.4. The number of amidine groups is 1. The molecular weight excluding hydrogens is 490 g/mol. The molecule has 178 valence electrons. The molecular formula is C28H22ClN5OS. The summed E-state index contributed by atoms with van der Waals surface area (Å²) in [5.41, 5.74) is 5.29. The lowest BCUT2D eigenvalue weighted by Gasteiger charge is -2.14. The van der Waals surface area contributed by atoms with Crippen molar-refractivity contribution in [3.05, 3.63) is 117 Å². The molecule has 3 aromatic carbocycles. The van der Waals surface area contributed by atoms with Gasteiger partial charge in [-0.05, 0) is 73.6 Å². The minimum atomic E-state index is -0.153. The molecule has 5 rings (SSSR count). The molecule has 0 N–H and O–H groups in total. The van der Waals surface area contributed by atoms with Crippen LogP contribution in [0.4, 0.5) is 5.69 Å². The number of nitrogens with zero attached hydrogens (tertiary/aromatic N) is 5. The van der Waals surface area contributed by atoms with Crippen LogP contribution < -0.4 is 4.90 Å². The Kier molecular flexibility index (Phi) is 6.84. The topological polar surface area (TPSA) is 62.9 Å². The molecule has 0 atom stereocenters. The minimum Gasteiger partial charge on any atom is -0.268 e. The largest absolute Gasteiger partial charge is 0.271 e. The number of aromatic nitrogens is 2. The maximum Gasteiger partial charge on any atom is 0.271 e. The van der Waals surface area contributed by atoms with Gasteiger partial charge in [0.25, 0.3) is 5.91 Å². The van der Waals surface area contributed by atoms with E-state index in [0.29, 0.717) is 15.1 Å². The molecule has 1 amide bonds. The van der Waals surface area contributed by atoms with Gasteiger partial charge in [0.1, 0.15) is 0 Å². The minimum absolute atomic E-state index is 0.153. The summed E-state index contributed by atoms with van der Waals surface area (Å²) in [6.45, 7) is 3.94. The molecule has 1 aromatic heterocycles. The second-order valence-corrected chi connectivity index (χ2v) is 9.54. The van der Waals surface area contributed by atoms with Gasteiger partial charge in [-0.1, -0.05) is 60.1 Å². The number of benzene rings is 3. The summed E-state index contributed by atoms with van der Waals surface area (Å²) < 4.78 is 1.89. The number of hydrogen-bond acceptors (Lipinski definition) is 5. The smallest absolute Gasteiger partial charge is 0.268 e. The van der Waals surface area contributed by atoms with Crippen molar-refractivity contribution in [1.29, 1.82) is 0 Å². The first-order chi connectivity index (χ1) is 17.5. The van der Waals surface area contributed by atoms with Gasteiger partial charge in [-0.3, -0.25) is 9.69 Å². The standard InChI is InChI=1S/C28H22ClN5OS/c1-19-25(20(2)34(32-19)24-11-7-4-8-12-24)18-30-31-28-33(23-9-5-3-6-10-23)27(35)26(36-28)17-21-13-15-22(29)16-14-21/h3-18H,1-2H3/b26-17-,30-18+,31-28+. The molecule has 0 saturated carbocycles. The van der Waals surface area contributed by atoms with Crippen molar-refractivity contribution in [2.45, 2.75) is 13.8 Å². The van der Waals surface area contributed by atoms with E-state index in [1.807, 2.05) is 97.4 Å². The van der Waals surface area contributed by atoms with Crippen LogP contribution in [-0.4, -0.2) is 27.1 Å². The van der Waals surface area contributed by atoms with Crippen LogP contribution in [0.1, 0.15) is 22.5 Å². The van der Waals surface area contributed by atoms with Crippen molar-refractivity contribution >= 4 is 52.4 Å². The van der Waals surface area contributed by atoms with Crippen molar-refractivity contribution in [1.82, 2.24) is 9.78 Å². The van der Waals surface area contributed by atoms with Gasteiger partial charge in [-0.2, -0.15) is 10.2 Å². The summed E-state index contributed by atoms with van der Waals surface area (Å²) in [6.07, 6.45) is 3.53. The third-order valence-corrected chi connectivity index (χ3v) is 6.88. The number of rotatable bonds is 5. The zero-order chi connectivity index (χ0) is 25.1. The molecule has 1 fully saturated rings. The quantitative estimate of drug-likeness (QED) is 0.171. The van der Waals surface area contributed by atoms with Crippen LogP contribution in [0, 0.1) is 13.8 Å². The summed E-state index contributed by atoms with van der Waals surface area (Å²) in [5, 5.41) is 14.6. The fraction of sp³-hybridized carbons (Fsp3) is 0.0714. The van der Waals surface area contributed by atoms with Crippen LogP contribution in [0.5, 0.6) is 0 Å². The summed E-state index contributed by atoms with van der Waals surface area (Å²) in [7, 11) is 0. The Balaban J connectivity index is 1.48. The number of halogens is 1. The molecule has 36 heavy (non-hydrogen) atoms. The van der Waals surface area contributed by atoms with E-state index in [1.54, 1.807) is 23.2 Å². The van der Waals surface area contributed by atoms with E-state index >= 15 is 0 Å². The molecule has 0 radical (unpaired) electrons. The van der Waals surface area contributed by atoms with Gasteiger partial charge >= 0.3 is 0 Å². The molecule has 0 unspecified atom stereocenters.